The summed E-state index contributed by atoms with van der Waals surface area (Å²) in [6.45, 7) is 5.36. The van der Waals surface area contributed by atoms with Crippen LogP contribution in [0.2, 0.25) is 0 Å². The summed E-state index contributed by atoms with van der Waals surface area (Å²) in [5, 5.41) is 5.81. The summed E-state index contributed by atoms with van der Waals surface area (Å²) in [4.78, 5) is 11.2. The zero-order valence-electron chi connectivity index (χ0n) is 17.6. The molecule has 158 valence electrons. The molecule has 2 N–H and O–H groups in total. The number of rotatable bonds is 5. The number of anilines is 1. The van der Waals surface area contributed by atoms with Gasteiger partial charge in [0.25, 0.3) is 0 Å². The van der Waals surface area contributed by atoms with Gasteiger partial charge in [-0.25, -0.2) is 14.6 Å². The third-order valence-corrected chi connectivity index (χ3v) is 5.90. The number of ether oxygens (including phenoxy) is 1. The smallest absolute Gasteiger partial charge is 0.164 e. The van der Waals surface area contributed by atoms with Gasteiger partial charge in [0.15, 0.2) is 5.65 Å². The Morgan fingerprint density at radius 1 is 1.03 bits per heavy atom. The molecule has 4 aromatic rings. The zero-order chi connectivity index (χ0) is 21.2. The summed E-state index contributed by atoms with van der Waals surface area (Å²) in [7, 11) is 0. The van der Waals surface area contributed by atoms with Crippen LogP contribution in [0.5, 0.6) is 11.5 Å². The highest BCUT2D eigenvalue weighted by Crippen LogP contribution is 2.34. The normalized spacial score (nSPS) is 17.1. The second-order valence-corrected chi connectivity index (χ2v) is 7.88. The van der Waals surface area contributed by atoms with Crippen molar-refractivity contribution in [1.82, 2.24) is 24.6 Å². The van der Waals surface area contributed by atoms with Gasteiger partial charge < -0.3 is 15.4 Å². The summed E-state index contributed by atoms with van der Waals surface area (Å²) in [5.74, 6) is 2.04. The van der Waals surface area contributed by atoms with Crippen LogP contribution in [0, 0.1) is 0 Å². The standard InChI is InChI=1S/C24H26N6O/c1-2-29-14-6-7-18(15-29)30-24-21(23(25)26-16-27-24)22(28-30)17-10-12-20(13-11-17)31-19-8-4-3-5-9-19/h3-5,8-13,16,18H,2,6-7,14-15H2,1H3,(H2,25,26,27). The lowest BCUT2D eigenvalue weighted by molar-refractivity contribution is 0.180. The molecule has 0 radical (unpaired) electrons. The number of aromatic nitrogens is 4. The Balaban J connectivity index is 1.51. The van der Waals surface area contributed by atoms with E-state index < -0.39 is 0 Å². The Labute approximate surface area is 181 Å². The maximum atomic E-state index is 6.28. The number of nitrogens with two attached hydrogens (primary N) is 1. The molecule has 1 fully saturated rings. The monoisotopic (exact) mass is 414 g/mol. The highest BCUT2D eigenvalue weighted by atomic mass is 16.5. The van der Waals surface area contributed by atoms with E-state index in [-0.39, 0.29) is 6.04 Å². The summed E-state index contributed by atoms with van der Waals surface area (Å²) in [6.07, 6.45) is 3.76. The van der Waals surface area contributed by atoms with Gasteiger partial charge in [-0.05, 0) is 62.3 Å². The van der Waals surface area contributed by atoms with Crippen molar-refractivity contribution in [3.63, 3.8) is 0 Å². The van der Waals surface area contributed by atoms with Crippen molar-refractivity contribution < 1.29 is 4.74 Å². The molecule has 0 spiro atoms. The molecule has 0 saturated carbocycles. The van der Waals surface area contributed by atoms with Crippen molar-refractivity contribution in [2.45, 2.75) is 25.8 Å². The Hall–Kier alpha value is -3.45. The molecule has 0 aliphatic carbocycles. The third kappa shape index (κ3) is 3.84. The van der Waals surface area contributed by atoms with E-state index in [1.165, 1.54) is 6.33 Å². The van der Waals surface area contributed by atoms with Gasteiger partial charge in [-0.3, -0.25) is 0 Å². The van der Waals surface area contributed by atoms with Crippen molar-refractivity contribution in [3.8, 4) is 22.8 Å². The van der Waals surface area contributed by atoms with Crippen LogP contribution in [-0.4, -0.2) is 44.3 Å². The minimum atomic E-state index is 0.278. The Bertz CT molecular complexity index is 1170. The van der Waals surface area contributed by atoms with Crippen molar-refractivity contribution in [2.24, 2.45) is 0 Å². The Morgan fingerprint density at radius 3 is 2.58 bits per heavy atom. The van der Waals surface area contributed by atoms with Crippen LogP contribution in [-0.2, 0) is 0 Å². The van der Waals surface area contributed by atoms with Gasteiger partial charge in [0, 0.05) is 12.1 Å². The first-order valence-corrected chi connectivity index (χ1v) is 10.8. The number of nitrogens with zero attached hydrogens (tertiary/aromatic N) is 5. The molecule has 0 amide bonds. The maximum Gasteiger partial charge on any atom is 0.164 e. The predicted molar refractivity (Wildman–Crippen MR) is 122 cm³/mol. The number of hydrogen-bond acceptors (Lipinski definition) is 6. The fourth-order valence-electron chi connectivity index (χ4n) is 4.28. The first-order valence-electron chi connectivity index (χ1n) is 10.8. The van der Waals surface area contributed by atoms with Crippen LogP contribution in [0.1, 0.15) is 25.8 Å². The third-order valence-electron chi connectivity index (χ3n) is 5.90. The Morgan fingerprint density at radius 2 is 1.81 bits per heavy atom. The number of hydrogen-bond donors (Lipinski definition) is 1. The number of nitrogen functional groups attached to an aromatic ring is 1. The van der Waals surface area contributed by atoms with Gasteiger partial charge in [0.05, 0.1) is 11.4 Å². The van der Waals surface area contributed by atoms with E-state index in [2.05, 4.69) is 26.5 Å². The summed E-state index contributed by atoms with van der Waals surface area (Å²) < 4.78 is 7.98. The lowest BCUT2D eigenvalue weighted by Crippen LogP contribution is -2.36. The molecule has 7 heteroatoms. The lowest BCUT2D eigenvalue weighted by Gasteiger charge is -2.31. The largest absolute Gasteiger partial charge is 0.457 e. The van der Waals surface area contributed by atoms with Crippen LogP contribution in [0.25, 0.3) is 22.3 Å². The maximum absolute atomic E-state index is 6.28. The second kappa shape index (κ2) is 8.35. The Kier molecular flexibility index (Phi) is 5.26. The number of piperidine rings is 1. The van der Waals surface area contributed by atoms with E-state index in [1.54, 1.807) is 0 Å². The van der Waals surface area contributed by atoms with Crippen LogP contribution >= 0.6 is 0 Å². The van der Waals surface area contributed by atoms with Gasteiger partial charge in [-0.15, -0.1) is 0 Å². The molecule has 5 rings (SSSR count). The van der Waals surface area contributed by atoms with Crippen molar-refractivity contribution in [1.29, 1.82) is 0 Å². The summed E-state index contributed by atoms with van der Waals surface area (Å²) in [5.41, 5.74) is 8.86. The minimum Gasteiger partial charge on any atom is -0.457 e. The van der Waals surface area contributed by atoms with Gasteiger partial charge in [0.1, 0.15) is 29.3 Å². The number of benzene rings is 2. The first kappa shape index (κ1) is 19.5. The molecule has 1 aliphatic heterocycles. The number of para-hydroxylation sites is 1. The van der Waals surface area contributed by atoms with E-state index in [0.29, 0.717) is 5.82 Å². The van der Waals surface area contributed by atoms with E-state index in [0.717, 1.165) is 66.3 Å². The zero-order valence-corrected chi connectivity index (χ0v) is 17.6. The van der Waals surface area contributed by atoms with Crippen LogP contribution in [0.15, 0.2) is 60.9 Å². The molecule has 0 bridgehead atoms. The first-order chi connectivity index (χ1) is 15.2. The van der Waals surface area contributed by atoms with Crippen molar-refractivity contribution in [2.75, 3.05) is 25.4 Å². The average Bonchev–Trinajstić information content (AvgIpc) is 3.21. The fraction of sp³-hybridized carbons (Fsp3) is 0.292. The van der Waals surface area contributed by atoms with Gasteiger partial charge in [-0.1, -0.05) is 25.1 Å². The molecule has 1 aliphatic rings. The van der Waals surface area contributed by atoms with Gasteiger partial charge in [-0.2, -0.15) is 5.10 Å². The van der Waals surface area contributed by atoms with E-state index in [4.69, 9.17) is 15.6 Å². The average molecular weight is 415 g/mol. The van der Waals surface area contributed by atoms with Gasteiger partial charge in [0.2, 0.25) is 0 Å². The molecule has 1 atom stereocenters. The summed E-state index contributed by atoms with van der Waals surface area (Å²) >= 11 is 0. The van der Waals surface area contributed by atoms with Crippen molar-refractivity contribution in [3.05, 3.63) is 60.9 Å². The predicted octanol–water partition coefficient (Wildman–Crippen LogP) is 4.52. The molecule has 1 saturated heterocycles. The van der Waals surface area contributed by atoms with Crippen molar-refractivity contribution >= 4 is 16.9 Å². The number of fused-ring (bicyclic) bond motifs is 1. The van der Waals surface area contributed by atoms with Crippen LogP contribution in [0.3, 0.4) is 0 Å². The van der Waals surface area contributed by atoms with E-state index in [9.17, 15) is 0 Å². The van der Waals surface area contributed by atoms with E-state index in [1.807, 2.05) is 54.6 Å². The minimum absolute atomic E-state index is 0.278. The fourth-order valence-corrected chi connectivity index (χ4v) is 4.28. The highest BCUT2D eigenvalue weighted by molar-refractivity contribution is 5.98. The van der Waals surface area contributed by atoms with Crippen LogP contribution in [0.4, 0.5) is 5.82 Å². The molecule has 2 aromatic heterocycles. The molecule has 2 aromatic carbocycles. The topological polar surface area (TPSA) is 82.1 Å². The molecule has 31 heavy (non-hydrogen) atoms. The van der Waals surface area contributed by atoms with Gasteiger partial charge >= 0.3 is 0 Å². The second-order valence-electron chi connectivity index (χ2n) is 7.88. The number of likely N-dealkylation sites (tertiary alicyclic amines) is 1. The number of likely N-dealkylation sites (N-methyl/N-ethyl adjacent to an activating group) is 1. The molecule has 3 heterocycles. The van der Waals surface area contributed by atoms with E-state index >= 15 is 0 Å². The molecule has 7 nitrogen and oxygen atoms in total. The van der Waals surface area contributed by atoms with Crippen LogP contribution < -0.4 is 10.5 Å². The lowest BCUT2D eigenvalue weighted by atomic mass is 10.1. The molecular weight excluding hydrogens is 388 g/mol. The molecule has 1 unspecified atom stereocenters. The molecular formula is C24H26N6O. The summed E-state index contributed by atoms with van der Waals surface area (Å²) in [6, 6.07) is 17.9. The highest BCUT2D eigenvalue weighted by Gasteiger charge is 2.26. The quantitative estimate of drug-likeness (QED) is 0.517. The SMILES string of the molecule is CCN1CCCC(n2nc(-c3ccc(Oc4ccccc4)cc3)c3c(N)ncnc32)C1.